The number of halogens is 3. The molecule has 2 amide bonds. The van der Waals surface area contributed by atoms with Crippen molar-refractivity contribution in [1.29, 1.82) is 0 Å². The molecular weight excluding hydrogens is 632 g/mol. The Hall–Kier alpha value is -3.54. The Kier molecular flexibility index (Phi) is 7.15. The van der Waals surface area contributed by atoms with Crippen LogP contribution in [0.1, 0.15) is 58.4 Å². The molecular formula is C34H32Cl2FN5O4. The molecule has 1 aromatic heterocycles. The smallest absolute Gasteiger partial charge is 0.251 e. The summed E-state index contributed by atoms with van der Waals surface area (Å²) >= 11 is 12.8. The minimum absolute atomic E-state index is 0.0105. The van der Waals surface area contributed by atoms with E-state index in [4.69, 9.17) is 28.2 Å². The minimum atomic E-state index is -1.23. The molecule has 3 aromatic carbocycles. The maximum atomic E-state index is 16.3. The third kappa shape index (κ3) is 4.34. The molecule has 0 unspecified atom stereocenters. The topological polar surface area (TPSA) is 120 Å². The maximum absolute atomic E-state index is 16.3. The Morgan fingerprint density at radius 3 is 2.67 bits per heavy atom. The van der Waals surface area contributed by atoms with Gasteiger partial charge in [-0.3, -0.25) is 14.5 Å². The zero-order valence-electron chi connectivity index (χ0n) is 24.7. The van der Waals surface area contributed by atoms with Crippen LogP contribution in [0.4, 0.5) is 10.1 Å². The minimum Gasteiger partial charge on any atom is -0.394 e. The number of fused-ring (bicyclic) bond motifs is 7. The van der Waals surface area contributed by atoms with Crippen LogP contribution in [0.15, 0.2) is 54.6 Å². The normalized spacial score (nSPS) is 25.2. The summed E-state index contributed by atoms with van der Waals surface area (Å²) in [5.74, 6) is -1.10. The van der Waals surface area contributed by atoms with E-state index in [0.717, 1.165) is 29.7 Å². The average molecular weight is 665 g/mol. The van der Waals surface area contributed by atoms with E-state index in [1.54, 1.807) is 36.4 Å². The lowest BCUT2D eigenvalue weighted by molar-refractivity contribution is -0.128. The molecule has 238 valence electrons. The largest absolute Gasteiger partial charge is 0.394 e. The highest BCUT2D eigenvalue weighted by Crippen LogP contribution is 2.64. The number of nitrogens with one attached hydrogen (secondary N) is 2. The fraction of sp³-hybridized carbons (Fsp3) is 0.382. The summed E-state index contributed by atoms with van der Waals surface area (Å²) in [7, 11) is 0. The summed E-state index contributed by atoms with van der Waals surface area (Å²) in [5, 5.41) is 25.1. The van der Waals surface area contributed by atoms with Crippen LogP contribution in [0.3, 0.4) is 0 Å². The Morgan fingerprint density at radius 2 is 1.91 bits per heavy atom. The monoisotopic (exact) mass is 663 g/mol. The maximum Gasteiger partial charge on any atom is 0.251 e. The number of amides is 2. The number of hydrogen-bond donors (Lipinski definition) is 4. The predicted octanol–water partition coefficient (Wildman–Crippen LogP) is 4.78. The van der Waals surface area contributed by atoms with Crippen molar-refractivity contribution >= 4 is 51.7 Å². The van der Waals surface area contributed by atoms with Gasteiger partial charge in [-0.1, -0.05) is 41.4 Å². The van der Waals surface area contributed by atoms with E-state index >= 15 is 4.39 Å². The highest BCUT2D eigenvalue weighted by Gasteiger charge is 2.69. The molecule has 1 saturated carbocycles. The number of anilines is 1. The van der Waals surface area contributed by atoms with Crippen LogP contribution in [-0.2, 0) is 16.9 Å². The van der Waals surface area contributed by atoms with Gasteiger partial charge in [0.25, 0.3) is 5.91 Å². The van der Waals surface area contributed by atoms with Crippen LogP contribution < -0.4 is 10.6 Å². The van der Waals surface area contributed by atoms with E-state index in [2.05, 4.69) is 20.1 Å². The number of benzene rings is 3. The standard InChI is InChI=1S/C34H32Cl2FN5O4/c35-19-7-8-22-24(13-19)40-33(46)34(22)29(21-2-1-3-23(36)30(21)37)28-27(42(34)14-17-4-5-17)10-11-41-26-9-6-18(12-25(26)39-31(28)41)32(45)38-20(15-43)16-44/h1-3,6-9,12-13,17,20,27-29,43-44H,4-5,10-11,14-16H2,(H,38,45)(H,40,46)/t27-,28+,29-,34+/m0/s1. The zero-order valence-corrected chi connectivity index (χ0v) is 26.2. The molecule has 9 nitrogen and oxygen atoms in total. The van der Waals surface area contributed by atoms with Crippen LogP contribution in [0.25, 0.3) is 11.0 Å². The number of hydrogen-bond acceptors (Lipinski definition) is 6. The lowest BCUT2D eigenvalue weighted by atomic mass is 9.70. The number of likely N-dealkylation sites (tertiary alicyclic amines) is 1. The summed E-state index contributed by atoms with van der Waals surface area (Å²) < 4.78 is 18.4. The Bertz CT molecular complexity index is 1910. The number of carbonyl (C=O) groups excluding carboxylic acids is 2. The van der Waals surface area contributed by atoms with E-state index in [-0.39, 0.29) is 22.9 Å². The highest BCUT2D eigenvalue weighted by molar-refractivity contribution is 6.31. The molecule has 4 N–H and O–H groups in total. The van der Waals surface area contributed by atoms with Gasteiger partial charge in [0.15, 0.2) is 0 Å². The van der Waals surface area contributed by atoms with E-state index in [9.17, 15) is 19.8 Å². The van der Waals surface area contributed by atoms with Crippen molar-refractivity contribution in [3.63, 3.8) is 0 Å². The first-order chi connectivity index (χ1) is 22.3. The van der Waals surface area contributed by atoms with Gasteiger partial charge in [0.1, 0.15) is 17.2 Å². The lowest BCUT2D eigenvalue weighted by Gasteiger charge is -2.40. The third-order valence-corrected chi connectivity index (χ3v) is 10.8. The lowest BCUT2D eigenvalue weighted by Crippen LogP contribution is -2.53. The number of carbonyl (C=O) groups is 2. The molecule has 1 aliphatic carbocycles. The Labute approximate surface area is 274 Å². The quantitative estimate of drug-likeness (QED) is 0.226. The first-order valence-electron chi connectivity index (χ1n) is 15.6. The Balaban J connectivity index is 1.34. The summed E-state index contributed by atoms with van der Waals surface area (Å²) in [6.07, 6.45) is 2.86. The molecule has 4 aliphatic rings. The average Bonchev–Trinajstić information content (AvgIpc) is 3.64. The van der Waals surface area contributed by atoms with E-state index in [0.29, 0.717) is 52.8 Å². The Morgan fingerprint density at radius 1 is 1.11 bits per heavy atom. The van der Waals surface area contributed by atoms with Crippen molar-refractivity contribution in [3.8, 4) is 0 Å². The molecule has 8 rings (SSSR count). The number of aliphatic hydroxyl groups is 2. The number of aromatic nitrogens is 2. The van der Waals surface area contributed by atoms with Crippen LogP contribution in [0, 0.1) is 11.7 Å². The molecule has 46 heavy (non-hydrogen) atoms. The first-order valence-corrected chi connectivity index (χ1v) is 16.4. The predicted molar refractivity (Wildman–Crippen MR) is 172 cm³/mol. The number of aliphatic hydroxyl groups excluding tert-OH is 2. The van der Waals surface area contributed by atoms with Crippen molar-refractivity contribution in [2.24, 2.45) is 5.92 Å². The van der Waals surface area contributed by atoms with Crippen LogP contribution in [0.5, 0.6) is 0 Å². The molecule has 2 fully saturated rings. The van der Waals surface area contributed by atoms with Gasteiger partial charge in [-0.05, 0) is 67.1 Å². The molecule has 12 heteroatoms. The summed E-state index contributed by atoms with van der Waals surface area (Å²) in [6, 6.07) is 14.7. The van der Waals surface area contributed by atoms with Gasteiger partial charge in [-0.2, -0.15) is 0 Å². The van der Waals surface area contributed by atoms with Gasteiger partial charge in [0, 0.05) is 52.8 Å². The first kappa shape index (κ1) is 29.8. The molecule has 1 spiro atoms. The summed E-state index contributed by atoms with van der Waals surface area (Å²) in [5.41, 5.74) is 2.28. The second-order valence-electron chi connectivity index (χ2n) is 12.9. The number of nitrogens with zero attached hydrogens (tertiary/aromatic N) is 3. The molecule has 1 saturated heterocycles. The van der Waals surface area contributed by atoms with E-state index in [1.807, 2.05) is 12.1 Å². The van der Waals surface area contributed by atoms with Gasteiger partial charge in [0.05, 0.1) is 35.3 Å². The third-order valence-electron chi connectivity index (χ3n) is 10.3. The zero-order chi connectivity index (χ0) is 31.9. The molecule has 3 aliphatic heterocycles. The van der Waals surface area contributed by atoms with Gasteiger partial charge in [0.2, 0.25) is 5.91 Å². The van der Waals surface area contributed by atoms with Gasteiger partial charge in [-0.25, -0.2) is 9.37 Å². The van der Waals surface area contributed by atoms with Crippen molar-refractivity contribution in [2.45, 2.75) is 55.3 Å². The van der Waals surface area contributed by atoms with E-state index in [1.165, 1.54) is 6.07 Å². The van der Waals surface area contributed by atoms with E-state index < -0.39 is 42.4 Å². The fourth-order valence-corrected chi connectivity index (χ4v) is 8.51. The highest BCUT2D eigenvalue weighted by atomic mass is 35.5. The van der Waals surface area contributed by atoms with Crippen LogP contribution in [-0.4, -0.2) is 68.3 Å². The molecule has 0 bridgehead atoms. The second-order valence-corrected chi connectivity index (χ2v) is 13.7. The summed E-state index contributed by atoms with van der Waals surface area (Å²) in [6.45, 7) is 0.537. The molecule has 4 atom stereocenters. The van der Waals surface area contributed by atoms with Crippen molar-refractivity contribution in [3.05, 3.63) is 93.0 Å². The molecule has 0 radical (unpaired) electrons. The van der Waals surface area contributed by atoms with Crippen LogP contribution in [0.2, 0.25) is 10.0 Å². The fourth-order valence-electron chi connectivity index (χ4n) is 8.15. The van der Waals surface area contributed by atoms with Crippen molar-refractivity contribution < 1.29 is 24.2 Å². The van der Waals surface area contributed by atoms with Crippen LogP contribution >= 0.6 is 23.2 Å². The second kappa shape index (κ2) is 11.0. The van der Waals surface area contributed by atoms with Gasteiger partial charge < -0.3 is 25.4 Å². The van der Waals surface area contributed by atoms with Crippen molar-refractivity contribution in [2.75, 3.05) is 25.1 Å². The summed E-state index contributed by atoms with van der Waals surface area (Å²) in [4.78, 5) is 35.0. The van der Waals surface area contributed by atoms with Gasteiger partial charge in [-0.15, -0.1) is 0 Å². The number of imidazole rings is 1. The van der Waals surface area contributed by atoms with Gasteiger partial charge >= 0.3 is 0 Å². The number of aryl methyl sites for hydroxylation is 1. The SMILES string of the molecule is O=C(NC(CO)CO)c1ccc2c(c1)nc1n2CC[C@H]2[C@@H]1[C@H](c1cccc(Cl)c1F)[C@]1(C(=O)Nc3cc(Cl)ccc31)N2CC1CC1. The van der Waals surface area contributed by atoms with Crippen molar-refractivity contribution in [1.82, 2.24) is 19.8 Å². The molecule has 4 aromatic rings. The molecule has 4 heterocycles. The number of rotatable bonds is 7.